The van der Waals surface area contributed by atoms with Gasteiger partial charge >= 0.3 is 24.4 Å². The number of carbonyl (C=O) groups is 4. The molecule has 0 spiro atoms. The van der Waals surface area contributed by atoms with Gasteiger partial charge in [-0.25, -0.2) is 14.4 Å². The van der Waals surface area contributed by atoms with Crippen LogP contribution in [0.1, 0.15) is 25.8 Å². The van der Waals surface area contributed by atoms with E-state index in [1.165, 1.54) is 25.1 Å². The van der Waals surface area contributed by atoms with Crippen molar-refractivity contribution in [2.75, 3.05) is 27.4 Å². The Bertz CT molecular complexity index is 796. The number of nitrogens with two attached hydrogens (primary N) is 1. The van der Waals surface area contributed by atoms with Crippen molar-refractivity contribution >= 4 is 24.4 Å². The molecule has 0 aromatic heterocycles. The zero-order valence-corrected chi connectivity index (χ0v) is 18.3. The average molecular weight is 457 g/mol. The van der Waals surface area contributed by atoms with Crippen LogP contribution in [0.25, 0.3) is 0 Å². The molecule has 0 aliphatic carbocycles. The molecule has 0 amide bonds. The Morgan fingerprint density at radius 2 is 1.56 bits per heavy atom. The Hall–Kier alpha value is -3.54. The molecule has 178 valence electrons. The van der Waals surface area contributed by atoms with Crippen molar-refractivity contribution in [1.29, 1.82) is 0 Å². The number of methoxy groups -OCH3 is 2. The number of rotatable bonds is 10. The molecule has 2 atom stereocenters. The van der Waals surface area contributed by atoms with E-state index in [0.29, 0.717) is 12.0 Å². The van der Waals surface area contributed by atoms with Gasteiger partial charge in [-0.15, -0.1) is 0 Å². The Morgan fingerprint density at radius 1 is 0.938 bits per heavy atom. The maximum absolute atomic E-state index is 12.2. The smallest absolute Gasteiger partial charge is 0.461 e. The molecule has 1 rings (SSSR count). The van der Waals surface area contributed by atoms with Gasteiger partial charge in [0.2, 0.25) is 0 Å². The van der Waals surface area contributed by atoms with Crippen LogP contribution in [-0.2, 0) is 34.9 Å². The molecule has 12 nitrogen and oxygen atoms in total. The zero-order chi connectivity index (χ0) is 24.1. The maximum Gasteiger partial charge on any atom is 0.513 e. The highest BCUT2D eigenvalue weighted by molar-refractivity contribution is 5.76. The highest BCUT2D eigenvalue weighted by Gasteiger charge is 2.21. The first-order chi connectivity index (χ1) is 15.2. The largest absolute Gasteiger partial charge is 0.513 e. The van der Waals surface area contributed by atoms with Gasteiger partial charge in [-0.3, -0.25) is 4.79 Å². The lowest BCUT2D eigenvalue weighted by atomic mass is 10.1. The summed E-state index contributed by atoms with van der Waals surface area (Å²) in [6.45, 7) is 3.38. The predicted molar refractivity (Wildman–Crippen MR) is 107 cm³/mol. The molecule has 0 heterocycles. The quantitative estimate of drug-likeness (QED) is 0.311. The van der Waals surface area contributed by atoms with Crippen LogP contribution < -0.4 is 15.2 Å². The molecule has 0 saturated carbocycles. The fourth-order valence-electron chi connectivity index (χ4n) is 2.17. The van der Waals surface area contributed by atoms with E-state index in [1.807, 2.05) is 6.92 Å². The second kappa shape index (κ2) is 13.7. The van der Waals surface area contributed by atoms with Crippen LogP contribution >= 0.6 is 0 Å². The van der Waals surface area contributed by atoms with E-state index in [-0.39, 0.29) is 31.1 Å². The molecule has 0 bridgehead atoms. The topological polar surface area (TPSA) is 159 Å². The average Bonchev–Trinajstić information content (AvgIpc) is 2.77. The Morgan fingerprint density at radius 3 is 2.16 bits per heavy atom. The van der Waals surface area contributed by atoms with Gasteiger partial charge in [-0.1, -0.05) is 13.0 Å². The second-order valence-corrected chi connectivity index (χ2v) is 6.36. The van der Waals surface area contributed by atoms with Crippen molar-refractivity contribution < 1.29 is 52.3 Å². The van der Waals surface area contributed by atoms with Crippen molar-refractivity contribution in [2.45, 2.75) is 38.8 Å². The van der Waals surface area contributed by atoms with E-state index in [9.17, 15) is 19.2 Å². The van der Waals surface area contributed by atoms with Gasteiger partial charge in [-0.05, 0) is 37.5 Å². The van der Waals surface area contributed by atoms with Crippen molar-refractivity contribution in [2.24, 2.45) is 5.73 Å². The summed E-state index contributed by atoms with van der Waals surface area (Å²) in [5.41, 5.74) is 6.35. The van der Waals surface area contributed by atoms with Gasteiger partial charge in [0.15, 0.2) is 11.5 Å². The Balaban J connectivity index is 2.71. The Labute approximate surface area is 184 Å². The summed E-state index contributed by atoms with van der Waals surface area (Å²) < 4.78 is 33.4. The van der Waals surface area contributed by atoms with E-state index in [1.54, 1.807) is 0 Å². The first-order valence-electron chi connectivity index (χ1n) is 9.60. The summed E-state index contributed by atoms with van der Waals surface area (Å²) in [7, 11) is 2.22. The van der Waals surface area contributed by atoms with Crippen LogP contribution in [0, 0.1) is 0 Å². The van der Waals surface area contributed by atoms with Crippen LogP contribution in [0.4, 0.5) is 14.4 Å². The first kappa shape index (κ1) is 26.5. The van der Waals surface area contributed by atoms with Crippen LogP contribution in [0.15, 0.2) is 18.2 Å². The SMILES string of the molecule is CCCOC(=O)O[C@@H](C)COC(=O)[C@@H](N)Cc1ccc(OC(=O)OC)c(OC(=O)OC)c1. The van der Waals surface area contributed by atoms with Gasteiger partial charge in [0.25, 0.3) is 0 Å². The molecular weight excluding hydrogens is 430 g/mol. The van der Waals surface area contributed by atoms with Crippen molar-refractivity contribution in [1.82, 2.24) is 0 Å². The third kappa shape index (κ3) is 9.51. The number of benzene rings is 1. The van der Waals surface area contributed by atoms with E-state index in [0.717, 1.165) is 14.2 Å². The monoisotopic (exact) mass is 457 g/mol. The molecule has 12 heteroatoms. The number of carbonyl (C=O) groups excluding carboxylic acids is 4. The highest BCUT2D eigenvalue weighted by Crippen LogP contribution is 2.29. The summed E-state index contributed by atoms with van der Waals surface area (Å²) in [5.74, 6) is -0.997. The normalized spacial score (nSPS) is 12.0. The van der Waals surface area contributed by atoms with Gasteiger partial charge in [0.1, 0.15) is 18.8 Å². The highest BCUT2D eigenvalue weighted by atomic mass is 16.7. The summed E-state index contributed by atoms with van der Waals surface area (Å²) in [6.07, 6.45) is -3.01. The minimum absolute atomic E-state index is 0.00263. The van der Waals surface area contributed by atoms with Crippen molar-refractivity contribution in [3.8, 4) is 11.5 Å². The number of hydrogen-bond acceptors (Lipinski definition) is 12. The molecular formula is C20H27NO11. The van der Waals surface area contributed by atoms with E-state index in [2.05, 4.69) is 9.47 Å². The molecule has 0 unspecified atom stereocenters. The summed E-state index contributed by atoms with van der Waals surface area (Å²) >= 11 is 0. The fraction of sp³-hybridized carbons (Fsp3) is 0.500. The van der Waals surface area contributed by atoms with Crippen molar-refractivity contribution in [3.05, 3.63) is 23.8 Å². The third-order valence-electron chi connectivity index (χ3n) is 3.67. The molecule has 0 fully saturated rings. The van der Waals surface area contributed by atoms with Crippen LogP contribution in [-0.4, -0.2) is 64.0 Å². The second-order valence-electron chi connectivity index (χ2n) is 6.36. The fourth-order valence-corrected chi connectivity index (χ4v) is 2.17. The Kier molecular flexibility index (Phi) is 11.3. The van der Waals surface area contributed by atoms with Gasteiger partial charge < -0.3 is 38.9 Å². The van der Waals surface area contributed by atoms with Gasteiger partial charge in [0, 0.05) is 0 Å². The lowest BCUT2D eigenvalue weighted by molar-refractivity contribution is -0.148. The van der Waals surface area contributed by atoms with Crippen LogP contribution in [0.3, 0.4) is 0 Å². The zero-order valence-electron chi connectivity index (χ0n) is 18.3. The molecule has 1 aromatic carbocycles. The first-order valence-corrected chi connectivity index (χ1v) is 9.60. The van der Waals surface area contributed by atoms with E-state index < -0.39 is 36.6 Å². The van der Waals surface area contributed by atoms with E-state index >= 15 is 0 Å². The van der Waals surface area contributed by atoms with Crippen molar-refractivity contribution in [3.63, 3.8) is 0 Å². The molecule has 0 radical (unpaired) electrons. The van der Waals surface area contributed by atoms with Crippen LogP contribution in [0.2, 0.25) is 0 Å². The maximum atomic E-state index is 12.2. The molecule has 0 aliphatic rings. The molecule has 32 heavy (non-hydrogen) atoms. The van der Waals surface area contributed by atoms with Gasteiger partial charge in [0.05, 0.1) is 20.8 Å². The number of esters is 1. The molecule has 2 N–H and O–H groups in total. The predicted octanol–water partition coefficient (Wildman–Crippen LogP) is 2.34. The summed E-state index contributed by atoms with van der Waals surface area (Å²) in [5, 5.41) is 0. The van der Waals surface area contributed by atoms with Crippen LogP contribution in [0.5, 0.6) is 11.5 Å². The number of hydrogen-bond donors (Lipinski definition) is 1. The van der Waals surface area contributed by atoms with E-state index in [4.69, 9.17) is 29.4 Å². The lowest BCUT2D eigenvalue weighted by Gasteiger charge is -2.16. The minimum Gasteiger partial charge on any atom is -0.461 e. The molecule has 0 aliphatic heterocycles. The summed E-state index contributed by atoms with van der Waals surface area (Å²) in [4.78, 5) is 46.3. The number of ether oxygens (including phenoxy) is 7. The van der Waals surface area contributed by atoms with Gasteiger partial charge in [-0.2, -0.15) is 0 Å². The molecule has 0 saturated heterocycles. The lowest BCUT2D eigenvalue weighted by Crippen LogP contribution is -2.36. The minimum atomic E-state index is -1.08. The summed E-state index contributed by atoms with van der Waals surface area (Å²) in [6, 6.07) is 3.11. The standard InChI is InChI=1S/C20H27NO11/c1-5-8-28-20(25)30-12(2)11-29-17(22)14(21)9-13-6-7-15(31-18(23)26-3)16(10-13)32-19(24)27-4/h6-7,10,12,14H,5,8-9,11,21H2,1-4H3/t12-,14-/m0/s1. The third-order valence-corrected chi connectivity index (χ3v) is 3.67. The molecule has 1 aromatic rings.